The molecule has 1 fully saturated rings. The van der Waals surface area contributed by atoms with Gasteiger partial charge in [0.05, 0.1) is 12.0 Å². The van der Waals surface area contributed by atoms with E-state index in [0.717, 1.165) is 32.4 Å². The van der Waals surface area contributed by atoms with Crippen LogP contribution in [0.5, 0.6) is 5.75 Å². The van der Waals surface area contributed by atoms with E-state index in [0.29, 0.717) is 11.4 Å². The van der Waals surface area contributed by atoms with Gasteiger partial charge in [-0.05, 0) is 25.5 Å². The van der Waals surface area contributed by atoms with Gasteiger partial charge in [-0.3, -0.25) is 10.1 Å². The summed E-state index contributed by atoms with van der Waals surface area (Å²) in [5, 5.41) is 17.6. The molecule has 1 aromatic carbocycles. The minimum atomic E-state index is -0.369. The van der Waals surface area contributed by atoms with Crippen molar-refractivity contribution < 1.29 is 9.66 Å². The molecule has 104 valence electrons. The lowest BCUT2D eigenvalue weighted by Gasteiger charge is -2.18. The third-order valence-corrected chi connectivity index (χ3v) is 3.31. The molecule has 0 amide bonds. The molecule has 6 heteroatoms. The normalized spacial score (nSPS) is 19.5. The summed E-state index contributed by atoms with van der Waals surface area (Å²) in [5.41, 5.74) is 0.614. The maximum absolute atomic E-state index is 11.0. The van der Waals surface area contributed by atoms with Crippen LogP contribution in [0.4, 0.5) is 11.4 Å². The van der Waals surface area contributed by atoms with E-state index in [9.17, 15) is 10.1 Å². The van der Waals surface area contributed by atoms with Crippen molar-refractivity contribution in [3.63, 3.8) is 0 Å². The van der Waals surface area contributed by atoms with E-state index in [1.54, 1.807) is 19.2 Å². The molecule has 1 aromatic rings. The van der Waals surface area contributed by atoms with Crippen molar-refractivity contribution in [2.24, 2.45) is 0 Å². The third kappa shape index (κ3) is 3.57. The number of ether oxygens (including phenoxy) is 1. The number of methoxy groups -OCH3 is 1. The zero-order valence-corrected chi connectivity index (χ0v) is 11.0. The third-order valence-electron chi connectivity index (χ3n) is 3.31. The number of hydrogen-bond donors (Lipinski definition) is 2. The van der Waals surface area contributed by atoms with Crippen molar-refractivity contribution >= 4 is 11.4 Å². The number of nitro groups is 1. The van der Waals surface area contributed by atoms with Crippen molar-refractivity contribution in [2.75, 3.05) is 25.5 Å². The number of rotatable bonds is 4. The highest BCUT2D eigenvalue weighted by molar-refractivity contribution is 5.64. The maximum Gasteiger partial charge on any atom is 0.292 e. The summed E-state index contributed by atoms with van der Waals surface area (Å²) < 4.78 is 5.13. The number of nitro benzene ring substituents is 1. The number of anilines is 1. The summed E-state index contributed by atoms with van der Waals surface area (Å²) in [5.74, 6) is 0.620. The van der Waals surface area contributed by atoms with Gasteiger partial charge in [0.1, 0.15) is 11.4 Å². The SMILES string of the molecule is COc1ccc([N+](=O)[O-])c(NC2CCCCNC2)c1. The smallest absolute Gasteiger partial charge is 0.292 e. The Morgan fingerprint density at radius 1 is 1.47 bits per heavy atom. The van der Waals surface area contributed by atoms with E-state index in [2.05, 4.69) is 10.6 Å². The highest BCUT2D eigenvalue weighted by Gasteiger charge is 2.19. The van der Waals surface area contributed by atoms with Crippen molar-refractivity contribution in [1.82, 2.24) is 5.32 Å². The van der Waals surface area contributed by atoms with Crippen LogP contribution in [0.25, 0.3) is 0 Å². The molecular formula is C13H19N3O3. The van der Waals surface area contributed by atoms with Gasteiger partial charge >= 0.3 is 0 Å². The predicted molar refractivity (Wildman–Crippen MR) is 73.8 cm³/mol. The van der Waals surface area contributed by atoms with Crippen LogP contribution >= 0.6 is 0 Å². The van der Waals surface area contributed by atoms with Gasteiger partial charge in [-0.15, -0.1) is 0 Å². The summed E-state index contributed by atoms with van der Waals surface area (Å²) in [6.45, 7) is 1.84. The fourth-order valence-electron chi connectivity index (χ4n) is 2.28. The van der Waals surface area contributed by atoms with Crippen LogP contribution in [-0.4, -0.2) is 31.2 Å². The van der Waals surface area contributed by atoms with Crippen LogP contribution in [0, 0.1) is 10.1 Å². The molecule has 6 nitrogen and oxygen atoms in total. The first-order valence-electron chi connectivity index (χ1n) is 6.50. The first kappa shape index (κ1) is 13.6. The standard InChI is InChI=1S/C13H19N3O3/c1-19-11-5-6-13(16(17)18)12(8-11)15-10-4-2-3-7-14-9-10/h5-6,8,10,14-15H,2-4,7,9H2,1H3. The van der Waals surface area contributed by atoms with Gasteiger partial charge in [-0.25, -0.2) is 0 Å². The summed E-state index contributed by atoms with van der Waals surface area (Å²) in [7, 11) is 1.55. The van der Waals surface area contributed by atoms with Crippen LogP contribution in [0.2, 0.25) is 0 Å². The van der Waals surface area contributed by atoms with Crippen LogP contribution in [0.3, 0.4) is 0 Å². The van der Waals surface area contributed by atoms with Crippen LogP contribution in [-0.2, 0) is 0 Å². The molecule has 2 N–H and O–H groups in total. The highest BCUT2D eigenvalue weighted by atomic mass is 16.6. The van der Waals surface area contributed by atoms with E-state index in [1.807, 2.05) is 0 Å². The maximum atomic E-state index is 11.0. The van der Waals surface area contributed by atoms with Crippen molar-refractivity contribution in [1.29, 1.82) is 0 Å². The Balaban J connectivity index is 2.18. The first-order chi connectivity index (χ1) is 9.20. The second-order valence-corrected chi connectivity index (χ2v) is 4.68. The fourth-order valence-corrected chi connectivity index (χ4v) is 2.28. The second kappa shape index (κ2) is 6.38. The Bertz CT molecular complexity index is 443. The largest absolute Gasteiger partial charge is 0.497 e. The quantitative estimate of drug-likeness (QED) is 0.644. The lowest BCUT2D eigenvalue weighted by atomic mass is 10.1. The lowest BCUT2D eigenvalue weighted by Crippen LogP contribution is -2.31. The first-order valence-corrected chi connectivity index (χ1v) is 6.50. The molecule has 2 rings (SSSR count). The number of hydrogen-bond acceptors (Lipinski definition) is 5. The molecule has 0 radical (unpaired) electrons. The van der Waals surface area contributed by atoms with E-state index in [-0.39, 0.29) is 16.7 Å². The molecule has 0 spiro atoms. The Morgan fingerprint density at radius 2 is 2.32 bits per heavy atom. The van der Waals surface area contributed by atoms with Crippen molar-refractivity contribution in [2.45, 2.75) is 25.3 Å². The van der Waals surface area contributed by atoms with Gasteiger partial charge in [0.15, 0.2) is 0 Å². The lowest BCUT2D eigenvalue weighted by molar-refractivity contribution is -0.384. The molecule has 0 aliphatic carbocycles. The summed E-state index contributed by atoms with van der Waals surface area (Å²) in [4.78, 5) is 10.7. The summed E-state index contributed by atoms with van der Waals surface area (Å²) in [6.07, 6.45) is 3.29. The average molecular weight is 265 g/mol. The highest BCUT2D eigenvalue weighted by Crippen LogP contribution is 2.29. The number of nitrogens with zero attached hydrogens (tertiary/aromatic N) is 1. The van der Waals surface area contributed by atoms with Crippen LogP contribution in [0.1, 0.15) is 19.3 Å². The van der Waals surface area contributed by atoms with Gasteiger partial charge in [0.25, 0.3) is 5.69 Å². The zero-order chi connectivity index (χ0) is 13.7. The topological polar surface area (TPSA) is 76.4 Å². The minimum absolute atomic E-state index is 0.0880. The minimum Gasteiger partial charge on any atom is -0.497 e. The molecule has 1 heterocycles. The zero-order valence-electron chi connectivity index (χ0n) is 11.0. The fraction of sp³-hybridized carbons (Fsp3) is 0.538. The average Bonchev–Trinajstić information content (AvgIpc) is 2.67. The molecule has 1 atom stereocenters. The monoisotopic (exact) mass is 265 g/mol. The molecule has 1 saturated heterocycles. The molecule has 0 bridgehead atoms. The second-order valence-electron chi connectivity index (χ2n) is 4.68. The number of nitrogens with one attached hydrogen (secondary N) is 2. The van der Waals surface area contributed by atoms with E-state index in [1.165, 1.54) is 6.07 Å². The Kier molecular flexibility index (Phi) is 4.57. The molecule has 1 aliphatic heterocycles. The van der Waals surface area contributed by atoms with Crippen LogP contribution in [0.15, 0.2) is 18.2 Å². The van der Waals surface area contributed by atoms with Gasteiger partial charge in [-0.1, -0.05) is 6.42 Å². The molecular weight excluding hydrogens is 246 g/mol. The Hall–Kier alpha value is -1.82. The van der Waals surface area contributed by atoms with Gasteiger partial charge in [0, 0.05) is 24.7 Å². The van der Waals surface area contributed by atoms with Gasteiger partial charge in [0.2, 0.25) is 0 Å². The molecule has 0 aromatic heterocycles. The molecule has 0 saturated carbocycles. The predicted octanol–water partition coefficient (Wildman–Crippen LogP) is 2.16. The van der Waals surface area contributed by atoms with Crippen molar-refractivity contribution in [3.8, 4) is 5.75 Å². The van der Waals surface area contributed by atoms with E-state index >= 15 is 0 Å². The van der Waals surface area contributed by atoms with Gasteiger partial charge in [-0.2, -0.15) is 0 Å². The Labute approximate surface area is 112 Å². The number of benzene rings is 1. The molecule has 1 unspecified atom stereocenters. The Morgan fingerprint density at radius 3 is 3.05 bits per heavy atom. The summed E-state index contributed by atoms with van der Waals surface area (Å²) >= 11 is 0. The molecule has 19 heavy (non-hydrogen) atoms. The summed E-state index contributed by atoms with van der Waals surface area (Å²) in [6, 6.07) is 4.98. The van der Waals surface area contributed by atoms with E-state index in [4.69, 9.17) is 4.74 Å². The molecule has 1 aliphatic rings. The van der Waals surface area contributed by atoms with Gasteiger partial charge < -0.3 is 15.4 Å². The van der Waals surface area contributed by atoms with Crippen molar-refractivity contribution in [3.05, 3.63) is 28.3 Å². The van der Waals surface area contributed by atoms with E-state index < -0.39 is 0 Å². The van der Waals surface area contributed by atoms with Crippen LogP contribution < -0.4 is 15.4 Å².